The number of rotatable bonds is 16. The Bertz CT molecular complexity index is 332. The largest absolute Gasteiger partial charge is 0.393 e. The van der Waals surface area contributed by atoms with E-state index in [0.29, 0.717) is 0 Å². The Morgan fingerprint density at radius 3 is 1.72 bits per heavy atom. The predicted octanol–water partition coefficient (Wildman–Crippen LogP) is 8.17. The van der Waals surface area contributed by atoms with Crippen molar-refractivity contribution < 1.29 is 13.6 Å². The second kappa shape index (κ2) is 19.1. The smallest absolute Gasteiger partial charge is 0.371 e. The molecular weight excluding hydrogens is 400 g/mol. The minimum Gasteiger partial charge on any atom is -0.393 e. The van der Waals surface area contributed by atoms with Crippen LogP contribution in [0.4, 0.5) is 0 Å². The highest BCUT2D eigenvalue weighted by molar-refractivity contribution is 6.70. The Balaban J connectivity index is 0.000000578. The molecule has 0 aromatic heterocycles. The average Bonchev–Trinajstić information content (AvgIpc) is 2.73. The minimum absolute atomic E-state index is 0.119. The number of unbranched alkanes of at least 4 members (excludes halogenated alkanes) is 8. The fraction of sp³-hybridized carbons (Fsp3) is 1.00. The van der Waals surface area contributed by atoms with E-state index in [2.05, 4.69) is 34.6 Å². The van der Waals surface area contributed by atoms with Crippen LogP contribution in [0.5, 0.6) is 0 Å². The molecular formula is C24H51ClO3Si. The Labute approximate surface area is 188 Å². The molecule has 0 saturated carbocycles. The minimum atomic E-state index is -2.21. The molecule has 176 valence electrons. The van der Waals surface area contributed by atoms with E-state index >= 15 is 0 Å². The van der Waals surface area contributed by atoms with Gasteiger partial charge in [-0.1, -0.05) is 78.1 Å². The Kier molecular flexibility index (Phi) is 19.4. The van der Waals surface area contributed by atoms with Crippen molar-refractivity contribution in [2.45, 2.75) is 129 Å². The molecule has 0 aromatic carbocycles. The first-order valence-corrected chi connectivity index (χ1v) is 15.1. The molecule has 0 bridgehead atoms. The fourth-order valence-electron chi connectivity index (χ4n) is 4.51. The fourth-order valence-corrected chi connectivity index (χ4v) is 9.17. The first kappa shape index (κ1) is 29.4. The maximum absolute atomic E-state index is 6.16. The first-order valence-electron chi connectivity index (χ1n) is 12.6. The van der Waals surface area contributed by atoms with Crippen molar-refractivity contribution in [3.05, 3.63) is 0 Å². The molecule has 1 saturated heterocycles. The van der Waals surface area contributed by atoms with Gasteiger partial charge in [-0.3, -0.25) is 0 Å². The topological polar surface area (TPSA) is 27.7 Å². The normalized spacial score (nSPS) is 20.9. The van der Waals surface area contributed by atoms with Crippen LogP contribution in [0.3, 0.4) is 0 Å². The molecule has 1 aliphatic rings. The molecule has 1 unspecified atom stereocenters. The van der Waals surface area contributed by atoms with Crippen molar-refractivity contribution in [3.63, 3.8) is 0 Å². The third kappa shape index (κ3) is 11.0. The number of halogens is 1. The zero-order chi connectivity index (χ0) is 21.8. The second-order valence-corrected chi connectivity index (χ2v) is 12.0. The highest BCUT2D eigenvalue weighted by Gasteiger charge is 2.58. The predicted molar refractivity (Wildman–Crippen MR) is 130 cm³/mol. The lowest BCUT2D eigenvalue weighted by atomic mass is 10.1. The van der Waals surface area contributed by atoms with Crippen LogP contribution < -0.4 is 0 Å². The molecule has 1 heterocycles. The first-order chi connectivity index (χ1) is 14.1. The molecule has 0 aliphatic carbocycles. The van der Waals surface area contributed by atoms with E-state index in [1.165, 1.54) is 70.6 Å². The van der Waals surface area contributed by atoms with Crippen molar-refractivity contribution in [1.29, 1.82) is 0 Å². The number of hydrogen-bond donors (Lipinski definition) is 0. The number of alkyl halides is 1. The van der Waals surface area contributed by atoms with Crippen LogP contribution in [0.15, 0.2) is 0 Å². The van der Waals surface area contributed by atoms with E-state index < -0.39 is 8.56 Å². The summed E-state index contributed by atoms with van der Waals surface area (Å²) in [5.41, 5.74) is 0. The lowest BCUT2D eigenvalue weighted by Crippen LogP contribution is -2.65. The van der Waals surface area contributed by atoms with Crippen LogP contribution in [0, 0.1) is 0 Å². The maximum atomic E-state index is 6.16. The van der Waals surface area contributed by atoms with Crippen LogP contribution in [-0.4, -0.2) is 39.5 Å². The summed E-state index contributed by atoms with van der Waals surface area (Å²) in [6.07, 6.45) is 17.0. The average molecular weight is 451 g/mol. The van der Waals surface area contributed by atoms with Crippen molar-refractivity contribution in [3.8, 4) is 0 Å². The van der Waals surface area contributed by atoms with E-state index in [4.69, 9.17) is 25.2 Å². The molecule has 0 spiro atoms. The summed E-state index contributed by atoms with van der Waals surface area (Å²) in [6, 6.07) is 1.09. The van der Waals surface area contributed by atoms with Gasteiger partial charge in [0.25, 0.3) is 0 Å². The Morgan fingerprint density at radius 2 is 1.28 bits per heavy atom. The third-order valence-electron chi connectivity index (χ3n) is 6.01. The lowest BCUT2D eigenvalue weighted by molar-refractivity contribution is -0.0426. The quantitative estimate of drug-likeness (QED) is 0.135. The molecule has 1 fully saturated rings. The standard InChI is InChI=1S/C13H28O3Si.C11H23Cl/c1-5-13(14-6-2)11-9-10-12-17(13,15-7-3)16-8-4;1-2-3-4-5-6-7-8-9-10-11-12/h5-12H2,1-4H3;2-11H2,1H3. The van der Waals surface area contributed by atoms with Crippen LogP contribution in [0.25, 0.3) is 0 Å². The van der Waals surface area contributed by atoms with Crippen LogP contribution in [-0.2, 0) is 13.6 Å². The molecule has 1 rings (SSSR count). The van der Waals surface area contributed by atoms with Gasteiger partial charge >= 0.3 is 8.56 Å². The summed E-state index contributed by atoms with van der Waals surface area (Å²) in [7, 11) is -2.21. The molecule has 29 heavy (non-hydrogen) atoms. The molecule has 5 heteroatoms. The van der Waals surface area contributed by atoms with Gasteiger partial charge in [0.1, 0.15) is 5.22 Å². The molecule has 0 N–H and O–H groups in total. The zero-order valence-corrected chi connectivity index (χ0v) is 22.1. The lowest BCUT2D eigenvalue weighted by Gasteiger charge is -2.49. The van der Waals surface area contributed by atoms with Gasteiger partial charge in [-0.25, -0.2) is 0 Å². The summed E-state index contributed by atoms with van der Waals surface area (Å²) >= 11 is 5.58. The molecule has 1 aliphatic heterocycles. The maximum Gasteiger partial charge on any atom is 0.371 e. The van der Waals surface area contributed by atoms with Gasteiger partial charge in [0, 0.05) is 25.7 Å². The summed E-state index contributed by atoms with van der Waals surface area (Å²) < 4.78 is 18.5. The third-order valence-corrected chi connectivity index (χ3v) is 10.9. The molecule has 0 radical (unpaired) electrons. The Hall–Kier alpha value is 0.387. The molecule has 3 nitrogen and oxygen atoms in total. The van der Waals surface area contributed by atoms with Gasteiger partial charge in [0.2, 0.25) is 0 Å². The highest BCUT2D eigenvalue weighted by Crippen LogP contribution is 2.42. The second-order valence-electron chi connectivity index (χ2n) is 8.12. The van der Waals surface area contributed by atoms with Gasteiger partial charge in [-0.05, 0) is 46.1 Å². The summed E-state index contributed by atoms with van der Waals surface area (Å²) in [5.74, 6) is 0.843. The van der Waals surface area contributed by atoms with Crippen molar-refractivity contribution >= 4 is 20.2 Å². The number of ether oxygens (including phenoxy) is 1. The van der Waals surface area contributed by atoms with Gasteiger partial charge in [0.15, 0.2) is 0 Å². The van der Waals surface area contributed by atoms with E-state index in [0.717, 1.165) is 44.6 Å². The van der Waals surface area contributed by atoms with Crippen molar-refractivity contribution in [2.24, 2.45) is 0 Å². The van der Waals surface area contributed by atoms with Crippen molar-refractivity contribution in [2.75, 3.05) is 25.7 Å². The van der Waals surface area contributed by atoms with Gasteiger partial charge in [0.05, 0.1) is 0 Å². The van der Waals surface area contributed by atoms with Gasteiger partial charge in [-0.2, -0.15) is 0 Å². The van der Waals surface area contributed by atoms with Crippen LogP contribution >= 0.6 is 11.6 Å². The van der Waals surface area contributed by atoms with Crippen molar-refractivity contribution in [1.82, 2.24) is 0 Å². The summed E-state index contributed by atoms with van der Waals surface area (Å²) in [5, 5.41) is -0.119. The van der Waals surface area contributed by atoms with E-state index in [-0.39, 0.29) is 5.22 Å². The molecule has 0 amide bonds. The van der Waals surface area contributed by atoms with E-state index in [1.54, 1.807) is 0 Å². The summed E-state index contributed by atoms with van der Waals surface area (Å²) in [4.78, 5) is 0. The monoisotopic (exact) mass is 450 g/mol. The van der Waals surface area contributed by atoms with E-state index in [1.807, 2.05) is 0 Å². The highest BCUT2D eigenvalue weighted by atomic mass is 35.5. The van der Waals surface area contributed by atoms with Gasteiger partial charge in [-0.15, -0.1) is 11.6 Å². The molecule has 0 aromatic rings. The van der Waals surface area contributed by atoms with Crippen LogP contribution in [0.2, 0.25) is 6.04 Å². The van der Waals surface area contributed by atoms with Gasteiger partial charge < -0.3 is 13.6 Å². The van der Waals surface area contributed by atoms with Crippen LogP contribution in [0.1, 0.15) is 118 Å². The molecule has 1 atom stereocenters. The van der Waals surface area contributed by atoms with E-state index in [9.17, 15) is 0 Å². The zero-order valence-electron chi connectivity index (χ0n) is 20.3. The Morgan fingerprint density at radius 1 is 0.724 bits per heavy atom. The summed E-state index contributed by atoms with van der Waals surface area (Å²) in [6.45, 7) is 12.9. The SMILES string of the molecule is CCCCCCCCCCCCl.CCOC1(CC)CCCC[Si]1(OCC)OCC. The number of hydrogen-bond acceptors (Lipinski definition) is 3.